The van der Waals surface area contributed by atoms with E-state index in [1.807, 2.05) is 0 Å². The number of likely N-dealkylation sites (tertiary alicyclic amines) is 2. The van der Waals surface area contributed by atoms with Crippen molar-refractivity contribution in [1.29, 1.82) is 0 Å². The molecule has 0 spiro atoms. The van der Waals surface area contributed by atoms with Crippen molar-refractivity contribution in [1.82, 2.24) is 47.5 Å². The van der Waals surface area contributed by atoms with Crippen LogP contribution in [0.25, 0.3) is 0 Å². The summed E-state index contributed by atoms with van der Waals surface area (Å²) < 4.78 is 158. The normalized spacial score (nSPS) is 14.3. The number of amides is 9. The molecule has 2 heterocycles. The molecule has 19 nitrogen and oxygen atoms in total. The molecule has 0 aliphatic carbocycles. The second kappa shape index (κ2) is 54.4. The summed E-state index contributed by atoms with van der Waals surface area (Å²) in [5.41, 5.74) is 2.49. The van der Waals surface area contributed by atoms with Crippen LogP contribution in [0, 0.1) is 0 Å². The fraction of sp³-hybridized carbons (Fsp3) is 0.679. The van der Waals surface area contributed by atoms with Gasteiger partial charge in [0.25, 0.3) is 0 Å². The smallest absolute Gasteiger partial charge is 0.249 e. The Kier molecular flexibility index (Phi) is 61.6. The van der Waals surface area contributed by atoms with E-state index in [0.29, 0.717) is 6.61 Å². The summed E-state index contributed by atoms with van der Waals surface area (Å²) in [6.07, 6.45) is -1.70. The Morgan fingerprint density at radius 1 is 0.523 bits per heavy atom. The van der Waals surface area contributed by atoms with E-state index >= 15 is 0 Å². The zero-order valence-electron chi connectivity index (χ0n) is 33.1. The van der Waals surface area contributed by atoms with Crippen LogP contribution in [0.15, 0.2) is 0 Å². The van der Waals surface area contributed by atoms with Gasteiger partial charge in [0.15, 0.2) is 0 Å². The number of ether oxygens (including phenoxy) is 1. The summed E-state index contributed by atoms with van der Waals surface area (Å²) in [5, 5.41) is 12.7. The molecule has 65 heavy (non-hydrogen) atoms. The van der Waals surface area contributed by atoms with Gasteiger partial charge in [0.1, 0.15) is 12.1 Å². The molecule has 0 bridgehead atoms. The predicted octanol–water partition coefficient (Wildman–Crippen LogP) is 2.85. The molecule has 2 saturated heterocycles. The Morgan fingerprint density at radius 2 is 0.831 bits per heavy atom. The van der Waals surface area contributed by atoms with Crippen molar-refractivity contribution in [3.63, 3.8) is 0 Å². The number of nitrogens with one attached hydrogen (secondary N) is 7. The lowest BCUT2D eigenvalue weighted by atomic mass is 10.1. The van der Waals surface area contributed by atoms with Crippen LogP contribution in [0.1, 0.15) is 51.9 Å². The van der Waals surface area contributed by atoms with E-state index < -0.39 is 71.3 Å². The number of nitrogens with zero attached hydrogens (tertiary/aromatic N) is 2. The zero-order chi connectivity index (χ0) is 52.3. The Hall–Kier alpha value is -5.75. The van der Waals surface area contributed by atoms with Crippen LogP contribution in [-0.2, 0) is 47.9 Å². The molecule has 0 aromatic carbocycles. The van der Waals surface area contributed by atoms with Crippen LogP contribution in [0.3, 0.4) is 0 Å². The third kappa shape index (κ3) is 36.3. The lowest BCUT2D eigenvalue weighted by Gasteiger charge is -2.19. The van der Waals surface area contributed by atoms with Crippen molar-refractivity contribution in [3.8, 4) is 0 Å². The number of carbonyl (C=O) groups is 9. The number of rotatable bonds is 23. The van der Waals surface area contributed by atoms with E-state index in [9.17, 15) is 52.1 Å². The molecule has 2 rings (SSSR count). The second-order valence-corrected chi connectivity index (χ2v) is 11.0. The predicted molar refractivity (Wildman–Crippen MR) is 180 cm³/mol. The zero-order valence-corrected chi connectivity index (χ0v) is 33.1. The number of halogens is 18. The van der Waals surface area contributed by atoms with Crippen LogP contribution in [0.2, 0.25) is 0 Å². The molecule has 2 aliphatic rings. The minimum Gasteiger partial charge on any atom is -0.381 e. The Morgan fingerprint density at radius 3 is 1.11 bits per heavy atom. The van der Waals surface area contributed by atoms with Crippen LogP contribution in [0.5, 0.6) is 0 Å². The largest absolute Gasteiger partial charge is 0.381 e. The molecule has 2 fully saturated rings. The molecule has 0 aromatic heterocycles. The van der Waals surface area contributed by atoms with E-state index in [1.165, 1.54) is 11.1 Å². The van der Waals surface area contributed by atoms with E-state index in [-0.39, 0.29) is 90.8 Å². The first-order valence-corrected chi connectivity index (χ1v) is 16.9. The highest BCUT2D eigenvalue weighted by atomic mass is 20.0. The SMILES string of the molecule is CCOCCC(=O)NC(CC(=O)NCCNC(=O)CCN1C(=O)CC(NF)C1=O)CC(=O)NCCNC(=O)CCN1C(=O)CC(NF)C1=O.FF.FF.FF.FF.FF.FF.FF.FF. The molecular formula is C28H43F18N9O10. The lowest BCUT2D eigenvalue weighted by Crippen LogP contribution is -2.44. The maximum Gasteiger partial charge on any atom is 0.249 e. The summed E-state index contributed by atoms with van der Waals surface area (Å²) in [5.74, 6) is -5.27. The standard InChI is InChI=1S/C28H43F2N9O10.8F2/c1-2-49-12-5-22(42)35-17(13-23(43)33-8-6-31-20(40)3-10-38-25(45)15-18(36-29)27(38)47)14-24(44)34-9-7-32-21(41)4-11-39-26(46)16-19(37-30)28(39)48;8*1-2/h17-19,36-37H,2-16H2,1H3,(H,31,40)(H,32,41)(H,33,43)(H,34,44)(H,35,42);;;;;;;;. The fourth-order valence-corrected chi connectivity index (χ4v) is 4.79. The van der Waals surface area contributed by atoms with Gasteiger partial charge in [-0.3, -0.25) is 53.0 Å². The average molecular weight is 1010 g/mol. The molecule has 2 aliphatic heterocycles. The van der Waals surface area contributed by atoms with Crippen molar-refractivity contribution in [2.75, 3.05) is 52.5 Å². The van der Waals surface area contributed by atoms with Crippen LogP contribution >= 0.6 is 0 Å². The van der Waals surface area contributed by atoms with E-state index in [1.54, 1.807) is 6.92 Å². The maximum absolute atomic E-state index is 12.6. The third-order valence-electron chi connectivity index (χ3n) is 7.32. The Bertz CT molecular complexity index is 1200. The lowest BCUT2D eigenvalue weighted by molar-refractivity contribution is -0.141. The first-order valence-electron chi connectivity index (χ1n) is 16.9. The van der Waals surface area contributed by atoms with Gasteiger partial charge in [-0.1, -0.05) is 0 Å². The van der Waals surface area contributed by atoms with Crippen LogP contribution in [0.4, 0.5) is 82.1 Å². The minimum atomic E-state index is -1.26. The van der Waals surface area contributed by atoms with Crippen molar-refractivity contribution >= 4 is 53.2 Å². The van der Waals surface area contributed by atoms with E-state index in [0.717, 1.165) is 9.80 Å². The summed E-state index contributed by atoms with van der Waals surface area (Å²) in [6.45, 7) is 1.81. The van der Waals surface area contributed by atoms with Crippen LogP contribution < -0.4 is 37.7 Å². The number of hydrogen-bond acceptors (Lipinski definition) is 12. The molecule has 0 saturated carbocycles. The Balaban J connectivity index is -0.000000377. The van der Waals surface area contributed by atoms with Gasteiger partial charge in [-0.05, 0) is 6.92 Å². The molecule has 2 atom stereocenters. The van der Waals surface area contributed by atoms with Gasteiger partial charge in [-0.25, -0.2) is 0 Å². The first-order chi connectivity index (χ1) is 31.4. The summed E-state index contributed by atoms with van der Waals surface area (Å²) >= 11 is 0. The van der Waals surface area contributed by atoms with Gasteiger partial charge < -0.3 is 31.3 Å². The molecule has 0 aromatic rings. The van der Waals surface area contributed by atoms with Gasteiger partial charge in [-0.15, -0.1) is 20.0 Å². The van der Waals surface area contributed by atoms with E-state index in [2.05, 4.69) is 26.6 Å². The monoisotopic (exact) mass is 1010 g/mol. The highest BCUT2D eigenvalue weighted by molar-refractivity contribution is 6.06. The molecule has 2 unspecified atom stereocenters. The first kappa shape index (κ1) is 73.6. The van der Waals surface area contributed by atoms with Gasteiger partial charge in [0.2, 0.25) is 53.2 Å². The van der Waals surface area contributed by atoms with Gasteiger partial charge in [0.05, 0.1) is 19.4 Å². The topological polar surface area (TPSA) is 254 Å². The summed E-state index contributed by atoms with van der Waals surface area (Å²) in [7, 11) is 0. The number of imide groups is 2. The van der Waals surface area contributed by atoms with Crippen molar-refractivity contribution < 1.29 is 130 Å². The second-order valence-electron chi connectivity index (χ2n) is 11.0. The number of carbonyl (C=O) groups excluding carboxylic acids is 9. The van der Waals surface area contributed by atoms with Gasteiger partial charge >= 0.3 is 0 Å². The molecule has 7 N–H and O–H groups in total. The highest BCUT2D eigenvalue weighted by Gasteiger charge is 2.39. The number of hydrogen-bond donors (Lipinski definition) is 7. The molecule has 0 radical (unpaired) electrons. The third-order valence-corrected chi connectivity index (χ3v) is 7.32. The summed E-state index contributed by atoms with van der Waals surface area (Å²) in [6, 6.07) is -3.43. The Labute approximate surface area is 353 Å². The minimum absolute atomic E-state index is 0.00128. The van der Waals surface area contributed by atoms with Gasteiger partial charge in [-0.2, -0.15) is 0 Å². The highest BCUT2D eigenvalue weighted by Crippen LogP contribution is 2.14. The quantitative estimate of drug-likeness (QED) is 0.0338. The molecular weight excluding hydrogens is 964 g/mol. The van der Waals surface area contributed by atoms with Crippen molar-refractivity contribution in [2.45, 2.75) is 70.0 Å². The molecule has 9 amide bonds. The van der Waals surface area contributed by atoms with Crippen LogP contribution in [-0.4, -0.2) is 134 Å². The summed E-state index contributed by atoms with van der Waals surface area (Å²) in [4.78, 5) is 111. The fourth-order valence-electron chi connectivity index (χ4n) is 4.79. The molecule has 37 heteroatoms. The van der Waals surface area contributed by atoms with Crippen molar-refractivity contribution in [2.24, 2.45) is 0 Å². The van der Waals surface area contributed by atoms with E-state index in [4.69, 9.17) is 77.9 Å². The van der Waals surface area contributed by atoms with Crippen molar-refractivity contribution in [3.05, 3.63) is 0 Å². The average Bonchev–Trinajstić information content (AvgIpc) is 3.79. The molecule has 386 valence electrons. The van der Waals surface area contributed by atoms with Gasteiger partial charge in [0, 0.05) is 157 Å². The maximum atomic E-state index is 12.6.